The topological polar surface area (TPSA) is 70.5 Å². The van der Waals surface area contributed by atoms with E-state index in [0.717, 1.165) is 64.2 Å². The summed E-state index contributed by atoms with van der Waals surface area (Å²) in [4.78, 5) is 34.4. The summed E-state index contributed by atoms with van der Waals surface area (Å²) in [5.74, 6) is 0.590. The summed E-state index contributed by atoms with van der Waals surface area (Å²) in [6.45, 7) is 11.9. The number of imidazole rings is 1. The zero-order chi connectivity index (χ0) is 18.7. The highest BCUT2D eigenvalue weighted by Crippen LogP contribution is 2.23. The van der Waals surface area contributed by atoms with Crippen molar-refractivity contribution in [2.45, 2.75) is 46.6 Å². The highest BCUT2D eigenvalue weighted by molar-refractivity contribution is 5.97. The van der Waals surface area contributed by atoms with Gasteiger partial charge in [0.2, 0.25) is 0 Å². The lowest BCUT2D eigenvalue weighted by molar-refractivity contribution is 0.0636. The largest absolute Gasteiger partial charge is 0.349 e. The summed E-state index contributed by atoms with van der Waals surface area (Å²) in [6.07, 6.45) is 2.89. The maximum atomic E-state index is 13.1. The van der Waals surface area contributed by atoms with E-state index in [0.29, 0.717) is 24.0 Å². The Morgan fingerprint density at radius 3 is 2.50 bits per heavy atom. The molecule has 2 amide bonds. The van der Waals surface area contributed by atoms with E-state index in [1.54, 1.807) is 0 Å². The van der Waals surface area contributed by atoms with Gasteiger partial charge in [0.25, 0.3) is 11.8 Å². The second-order valence-electron chi connectivity index (χ2n) is 7.67. The van der Waals surface area contributed by atoms with Crippen molar-refractivity contribution in [3.8, 4) is 0 Å². The molecule has 144 valence electrons. The number of hydrogen-bond donors (Lipinski definition) is 1. The number of piperazine rings is 1. The quantitative estimate of drug-likeness (QED) is 0.860. The molecular formula is C19H31N5O2. The summed E-state index contributed by atoms with van der Waals surface area (Å²) in [5, 5.41) is 2.94. The fourth-order valence-electron chi connectivity index (χ4n) is 3.68. The number of nitrogens with one attached hydrogen (secondary N) is 1. The van der Waals surface area contributed by atoms with Gasteiger partial charge in [-0.2, -0.15) is 0 Å². The number of nitrogens with zero attached hydrogens (tertiary/aromatic N) is 4. The van der Waals surface area contributed by atoms with Gasteiger partial charge < -0.3 is 19.7 Å². The van der Waals surface area contributed by atoms with Crippen LogP contribution in [0.25, 0.3) is 0 Å². The van der Waals surface area contributed by atoms with Crippen molar-refractivity contribution in [2.24, 2.45) is 5.92 Å². The predicted molar refractivity (Wildman–Crippen MR) is 100 cm³/mol. The van der Waals surface area contributed by atoms with E-state index in [9.17, 15) is 9.59 Å². The van der Waals surface area contributed by atoms with Crippen LogP contribution in [-0.2, 0) is 13.0 Å². The third kappa shape index (κ3) is 3.92. The van der Waals surface area contributed by atoms with Crippen LogP contribution < -0.4 is 5.32 Å². The lowest BCUT2D eigenvalue weighted by Gasteiger charge is -2.33. The van der Waals surface area contributed by atoms with Crippen LogP contribution in [0.1, 0.15) is 60.4 Å². The molecule has 0 aromatic carbocycles. The Labute approximate surface area is 155 Å². The van der Waals surface area contributed by atoms with Gasteiger partial charge in [0.1, 0.15) is 5.69 Å². The molecule has 2 aliphatic rings. The number of amides is 2. The van der Waals surface area contributed by atoms with Gasteiger partial charge in [-0.25, -0.2) is 4.98 Å². The van der Waals surface area contributed by atoms with E-state index < -0.39 is 0 Å². The zero-order valence-electron chi connectivity index (χ0n) is 16.3. The number of hydrogen-bond acceptors (Lipinski definition) is 4. The van der Waals surface area contributed by atoms with Crippen molar-refractivity contribution in [3.63, 3.8) is 0 Å². The minimum absolute atomic E-state index is 0.0192. The van der Waals surface area contributed by atoms with Crippen molar-refractivity contribution in [1.29, 1.82) is 0 Å². The summed E-state index contributed by atoms with van der Waals surface area (Å²) < 4.78 is 1.97. The SMILES string of the molecule is CCN1CCN(C(=O)c2nc(C(=O)NCC(C)C)n3c2CCCC3)CC1. The first-order valence-electron chi connectivity index (χ1n) is 9.90. The van der Waals surface area contributed by atoms with Crippen molar-refractivity contribution < 1.29 is 9.59 Å². The zero-order valence-corrected chi connectivity index (χ0v) is 16.3. The first-order chi connectivity index (χ1) is 12.5. The second kappa shape index (κ2) is 8.20. The van der Waals surface area contributed by atoms with Crippen molar-refractivity contribution >= 4 is 11.8 Å². The van der Waals surface area contributed by atoms with Crippen LogP contribution >= 0.6 is 0 Å². The molecular weight excluding hydrogens is 330 g/mol. The third-order valence-corrected chi connectivity index (χ3v) is 5.30. The Morgan fingerprint density at radius 1 is 1.12 bits per heavy atom. The maximum Gasteiger partial charge on any atom is 0.287 e. The molecule has 26 heavy (non-hydrogen) atoms. The molecule has 3 rings (SSSR count). The summed E-state index contributed by atoms with van der Waals surface area (Å²) in [7, 11) is 0. The van der Waals surface area contributed by atoms with Gasteiger partial charge in [-0.15, -0.1) is 0 Å². The number of likely N-dealkylation sites (N-methyl/N-ethyl adjacent to an activating group) is 1. The summed E-state index contributed by atoms with van der Waals surface area (Å²) >= 11 is 0. The van der Waals surface area contributed by atoms with Gasteiger partial charge in [0, 0.05) is 39.3 Å². The van der Waals surface area contributed by atoms with Crippen LogP contribution in [0.5, 0.6) is 0 Å². The fourth-order valence-corrected chi connectivity index (χ4v) is 3.68. The molecule has 0 spiro atoms. The standard InChI is InChI=1S/C19H31N5O2/c1-4-22-9-11-23(12-10-22)19(26)16-15-7-5-6-8-24(15)17(21-16)18(25)20-13-14(2)3/h14H,4-13H2,1-3H3,(H,20,25). The highest BCUT2D eigenvalue weighted by Gasteiger charge is 2.31. The van der Waals surface area contributed by atoms with E-state index in [1.165, 1.54) is 0 Å². The first kappa shape index (κ1) is 18.9. The fraction of sp³-hybridized carbons (Fsp3) is 0.737. The molecule has 0 saturated carbocycles. The monoisotopic (exact) mass is 361 g/mol. The molecule has 0 radical (unpaired) electrons. The minimum Gasteiger partial charge on any atom is -0.349 e. The molecule has 0 bridgehead atoms. The smallest absolute Gasteiger partial charge is 0.287 e. The Hall–Kier alpha value is -1.89. The lowest BCUT2D eigenvalue weighted by atomic mass is 10.1. The van der Waals surface area contributed by atoms with Crippen LogP contribution in [0.3, 0.4) is 0 Å². The molecule has 1 aromatic heterocycles. The van der Waals surface area contributed by atoms with Crippen molar-refractivity contribution in [2.75, 3.05) is 39.3 Å². The molecule has 0 aliphatic carbocycles. The molecule has 7 heteroatoms. The average Bonchev–Trinajstić information content (AvgIpc) is 3.05. The van der Waals surface area contributed by atoms with Gasteiger partial charge in [-0.1, -0.05) is 20.8 Å². The van der Waals surface area contributed by atoms with E-state index in [4.69, 9.17) is 0 Å². The normalized spacial score (nSPS) is 18.1. The van der Waals surface area contributed by atoms with Crippen LogP contribution in [0, 0.1) is 5.92 Å². The van der Waals surface area contributed by atoms with Gasteiger partial charge in [-0.3, -0.25) is 9.59 Å². The van der Waals surface area contributed by atoms with Gasteiger partial charge in [0.15, 0.2) is 5.82 Å². The molecule has 1 saturated heterocycles. The molecule has 2 aliphatic heterocycles. The Morgan fingerprint density at radius 2 is 1.85 bits per heavy atom. The van der Waals surface area contributed by atoms with Crippen LogP contribution in [0.2, 0.25) is 0 Å². The molecule has 0 unspecified atom stereocenters. The van der Waals surface area contributed by atoms with Gasteiger partial charge >= 0.3 is 0 Å². The van der Waals surface area contributed by atoms with E-state index in [2.05, 4.69) is 36.0 Å². The lowest BCUT2D eigenvalue weighted by Crippen LogP contribution is -2.48. The van der Waals surface area contributed by atoms with Crippen LogP contribution in [-0.4, -0.2) is 70.4 Å². The minimum atomic E-state index is -0.170. The van der Waals surface area contributed by atoms with Gasteiger partial charge in [0.05, 0.1) is 5.69 Å². The van der Waals surface area contributed by atoms with E-state index in [-0.39, 0.29) is 11.8 Å². The highest BCUT2D eigenvalue weighted by atomic mass is 16.2. The first-order valence-corrected chi connectivity index (χ1v) is 9.90. The van der Waals surface area contributed by atoms with Crippen LogP contribution in [0.15, 0.2) is 0 Å². The molecule has 7 nitrogen and oxygen atoms in total. The number of aromatic nitrogens is 2. The summed E-state index contributed by atoms with van der Waals surface area (Å²) in [5.41, 5.74) is 1.43. The average molecular weight is 361 g/mol. The number of fused-ring (bicyclic) bond motifs is 1. The van der Waals surface area contributed by atoms with Crippen LogP contribution in [0.4, 0.5) is 0 Å². The second-order valence-corrected chi connectivity index (χ2v) is 7.67. The van der Waals surface area contributed by atoms with Gasteiger partial charge in [-0.05, 0) is 31.7 Å². The number of carbonyl (C=O) groups excluding carboxylic acids is 2. The van der Waals surface area contributed by atoms with E-state index >= 15 is 0 Å². The summed E-state index contributed by atoms with van der Waals surface area (Å²) in [6, 6.07) is 0. The van der Waals surface area contributed by atoms with Crippen molar-refractivity contribution in [3.05, 3.63) is 17.2 Å². The third-order valence-electron chi connectivity index (χ3n) is 5.30. The molecule has 1 N–H and O–H groups in total. The molecule has 0 atom stereocenters. The Balaban J connectivity index is 1.81. The Kier molecular flexibility index (Phi) is 5.96. The number of rotatable bonds is 5. The Bertz CT molecular complexity index is 659. The molecule has 1 aromatic rings. The molecule has 3 heterocycles. The predicted octanol–water partition coefficient (Wildman–Crippen LogP) is 1.38. The number of carbonyl (C=O) groups is 2. The van der Waals surface area contributed by atoms with E-state index in [1.807, 2.05) is 9.47 Å². The maximum absolute atomic E-state index is 13.1. The molecule has 1 fully saturated rings. The van der Waals surface area contributed by atoms with Crippen molar-refractivity contribution in [1.82, 2.24) is 24.7 Å².